The third-order valence-corrected chi connectivity index (χ3v) is 7.17. The van der Waals surface area contributed by atoms with Crippen molar-refractivity contribution in [1.82, 2.24) is 4.98 Å². The van der Waals surface area contributed by atoms with Crippen LogP contribution in [0.2, 0.25) is 0 Å². The molecule has 1 fully saturated rings. The molecule has 5 nitrogen and oxygen atoms in total. The van der Waals surface area contributed by atoms with Crippen LogP contribution in [-0.2, 0) is 24.1 Å². The van der Waals surface area contributed by atoms with E-state index in [1.54, 1.807) is 18.0 Å². The van der Waals surface area contributed by atoms with Crippen molar-refractivity contribution < 1.29 is 15.0 Å². The maximum absolute atomic E-state index is 11.9. The lowest BCUT2D eigenvalue weighted by Gasteiger charge is -2.30. The minimum absolute atomic E-state index is 0.0271. The van der Waals surface area contributed by atoms with E-state index in [1.165, 1.54) is 31.2 Å². The van der Waals surface area contributed by atoms with E-state index in [4.69, 9.17) is 5.73 Å². The number of fused-ring (bicyclic) bond motifs is 1. The van der Waals surface area contributed by atoms with Crippen molar-refractivity contribution >= 4 is 17.7 Å². The summed E-state index contributed by atoms with van der Waals surface area (Å²) < 4.78 is 0. The van der Waals surface area contributed by atoms with Gasteiger partial charge in [0, 0.05) is 24.1 Å². The molecule has 6 heteroatoms. The van der Waals surface area contributed by atoms with Crippen LogP contribution in [0.3, 0.4) is 0 Å². The fourth-order valence-corrected chi connectivity index (χ4v) is 4.85. The van der Waals surface area contributed by atoms with Crippen LogP contribution < -0.4 is 5.73 Å². The normalized spacial score (nSPS) is 22.5. The molecule has 0 saturated heterocycles. The van der Waals surface area contributed by atoms with Gasteiger partial charge in [0.15, 0.2) is 5.60 Å². The molecular formula is C21H32N2O3S. The minimum Gasteiger partial charge on any atom is -0.479 e. The number of hydrogen-bond acceptors (Lipinski definition) is 5. The lowest BCUT2D eigenvalue weighted by atomic mass is 9.88. The van der Waals surface area contributed by atoms with Crippen LogP contribution in [0, 0.1) is 11.8 Å². The van der Waals surface area contributed by atoms with Gasteiger partial charge in [0.2, 0.25) is 0 Å². The minimum atomic E-state index is -1.99. The van der Waals surface area contributed by atoms with Crippen LogP contribution in [0.1, 0.15) is 56.4 Å². The molecule has 2 aliphatic carbocycles. The summed E-state index contributed by atoms with van der Waals surface area (Å²) in [7, 11) is 0. The second-order valence-electron chi connectivity index (χ2n) is 8.59. The number of nitrogens with two attached hydrogens (primary N) is 1. The summed E-state index contributed by atoms with van der Waals surface area (Å²) in [5, 5.41) is 21.0. The fourth-order valence-electron chi connectivity index (χ4n) is 3.98. The van der Waals surface area contributed by atoms with Crippen LogP contribution in [0.15, 0.2) is 12.3 Å². The Labute approximate surface area is 166 Å². The van der Waals surface area contributed by atoms with Crippen LogP contribution >= 0.6 is 11.8 Å². The molecule has 0 radical (unpaired) electrons. The summed E-state index contributed by atoms with van der Waals surface area (Å²) >= 11 is 1.57. The molecule has 3 rings (SSSR count). The molecule has 1 aromatic rings. The number of aromatic nitrogens is 1. The summed E-state index contributed by atoms with van der Waals surface area (Å²) in [5.41, 5.74) is 7.25. The molecule has 1 saturated carbocycles. The van der Waals surface area contributed by atoms with Crippen LogP contribution in [-0.4, -0.2) is 43.8 Å². The molecule has 3 atom stereocenters. The van der Waals surface area contributed by atoms with Gasteiger partial charge in [-0.05, 0) is 53.5 Å². The standard InChI is InChI=1S/C21H32N2O3S/c1-13(2)27-12-19(22)21(26,20(24)25)11-18-17-10-15(6-5-14-3-4-14)9-16(17)7-8-23-18/h7-8,13-15,19,26H,3-6,9-12,22H2,1-2H3,(H,24,25)/t15-,19+,21-/m1/s1. The van der Waals surface area contributed by atoms with Crippen LogP contribution in [0.25, 0.3) is 0 Å². The Bertz CT molecular complexity index is 677. The maximum Gasteiger partial charge on any atom is 0.337 e. The third-order valence-electron chi connectivity index (χ3n) is 5.95. The number of carboxylic acid groups (broad SMARTS) is 1. The second-order valence-corrected chi connectivity index (χ2v) is 10.2. The predicted octanol–water partition coefficient (Wildman–Crippen LogP) is 2.81. The SMILES string of the molecule is CC(C)SC[C@H](N)[C@](O)(Cc1nccc2c1C[C@H](CCC1CC1)C2)C(=O)O. The quantitative estimate of drug-likeness (QED) is 0.567. The highest BCUT2D eigenvalue weighted by molar-refractivity contribution is 7.99. The van der Waals surface area contributed by atoms with E-state index in [2.05, 4.69) is 4.98 Å². The molecule has 4 N–H and O–H groups in total. The monoisotopic (exact) mass is 392 g/mol. The Morgan fingerprint density at radius 2 is 2.04 bits per heavy atom. The van der Waals surface area contributed by atoms with Gasteiger partial charge in [0.1, 0.15) is 0 Å². The van der Waals surface area contributed by atoms with E-state index < -0.39 is 17.6 Å². The maximum atomic E-state index is 11.9. The van der Waals surface area contributed by atoms with Crippen molar-refractivity contribution in [2.75, 3.05) is 5.75 Å². The highest BCUT2D eigenvalue weighted by Gasteiger charge is 2.44. The number of thioether (sulfide) groups is 1. The third kappa shape index (κ3) is 5.04. The topological polar surface area (TPSA) is 96.4 Å². The van der Waals surface area contributed by atoms with Gasteiger partial charge in [-0.2, -0.15) is 11.8 Å². The first kappa shape index (κ1) is 20.6. The number of carboxylic acids is 1. The number of nitrogens with zero attached hydrogens (tertiary/aromatic N) is 1. The molecule has 0 amide bonds. The zero-order valence-corrected chi connectivity index (χ0v) is 17.2. The van der Waals surface area contributed by atoms with Crippen LogP contribution in [0.5, 0.6) is 0 Å². The summed E-state index contributed by atoms with van der Waals surface area (Å²) in [4.78, 5) is 16.3. The molecule has 1 heterocycles. The molecule has 0 spiro atoms. The van der Waals surface area contributed by atoms with Crippen molar-refractivity contribution in [2.24, 2.45) is 17.6 Å². The van der Waals surface area contributed by atoms with Gasteiger partial charge in [-0.25, -0.2) is 4.79 Å². The van der Waals surface area contributed by atoms with Crippen molar-refractivity contribution in [1.29, 1.82) is 0 Å². The Kier molecular flexibility index (Phi) is 6.49. The first-order chi connectivity index (χ1) is 12.8. The van der Waals surface area contributed by atoms with Gasteiger partial charge < -0.3 is 15.9 Å². The van der Waals surface area contributed by atoms with E-state index in [9.17, 15) is 15.0 Å². The first-order valence-corrected chi connectivity index (χ1v) is 11.1. The van der Waals surface area contributed by atoms with Crippen molar-refractivity contribution in [3.05, 3.63) is 29.1 Å². The highest BCUT2D eigenvalue weighted by Crippen LogP contribution is 2.38. The van der Waals surface area contributed by atoms with Crippen molar-refractivity contribution in [3.63, 3.8) is 0 Å². The highest BCUT2D eigenvalue weighted by atomic mass is 32.2. The van der Waals surface area contributed by atoms with E-state index in [-0.39, 0.29) is 6.42 Å². The van der Waals surface area contributed by atoms with E-state index in [0.29, 0.717) is 22.6 Å². The van der Waals surface area contributed by atoms with Gasteiger partial charge in [-0.15, -0.1) is 0 Å². The lowest BCUT2D eigenvalue weighted by Crippen LogP contribution is -2.57. The van der Waals surface area contributed by atoms with E-state index in [0.717, 1.165) is 24.3 Å². The Balaban J connectivity index is 1.72. The number of aliphatic hydroxyl groups is 1. The molecule has 2 aliphatic rings. The second kappa shape index (κ2) is 8.50. The lowest BCUT2D eigenvalue weighted by molar-refractivity contribution is -0.160. The van der Waals surface area contributed by atoms with Crippen molar-refractivity contribution in [2.45, 2.75) is 75.7 Å². The molecule has 1 aromatic heterocycles. The number of aliphatic carboxylic acids is 1. The Morgan fingerprint density at radius 1 is 1.33 bits per heavy atom. The number of pyridine rings is 1. The molecule has 0 aliphatic heterocycles. The Morgan fingerprint density at radius 3 is 2.67 bits per heavy atom. The summed E-state index contributed by atoms with van der Waals surface area (Å²) in [6, 6.07) is 1.21. The molecule has 0 bridgehead atoms. The number of carbonyl (C=O) groups is 1. The summed E-state index contributed by atoms with van der Waals surface area (Å²) in [6.07, 6.45) is 8.99. The zero-order valence-electron chi connectivity index (χ0n) is 16.4. The number of rotatable bonds is 10. The molecule has 150 valence electrons. The largest absolute Gasteiger partial charge is 0.479 e. The van der Waals surface area contributed by atoms with Gasteiger partial charge in [0.05, 0.1) is 6.04 Å². The smallest absolute Gasteiger partial charge is 0.337 e. The van der Waals surface area contributed by atoms with E-state index >= 15 is 0 Å². The van der Waals surface area contributed by atoms with Crippen LogP contribution in [0.4, 0.5) is 0 Å². The fraction of sp³-hybridized carbons (Fsp3) is 0.714. The average Bonchev–Trinajstić information content (AvgIpc) is 3.35. The van der Waals surface area contributed by atoms with Gasteiger partial charge in [-0.1, -0.05) is 33.1 Å². The van der Waals surface area contributed by atoms with Gasteiger partial charge in [-0.3, -0.25) is 4.98 Å². The average molecular weight is 393 g/mol. The number of hydrogen-bond donors (Lipinski definition) is 3. The van der Waals surface area contributed by atoms with Crippen molar-refractivity contribution in [3.8, 4) is 0 Å². The van der Waals surface area contributed by atoms with E-state index in [1.807, 2.05) is 19.9 Å². The Hall–Kier alpha value is -1.11. The van der Waals surface area contributed by atoms with Gasteiger partial charge >= 0.3 is 5.97 Å². The summed E-state index contributed by atoms with van der Waals surface area (Å²) in [6.45, 7) is 4.06. The predicted molar refractivity (Wildman–Crippen MR) is 109 cm³/mol. The summed E-state index contributed by atoms with van der Waals surface area (Å²) in [5.74, 6) is 0.688. The molecule has 0 aromatic carbocycles. The molecule has 0 unspecified atom stereocenters. The first-order valence-electron chi connectivity index (χ1n) is 10.1. The molecular weight excluding hydrogens is 360 g/mol. The van der Waals surface area contributed by atoms with Gasteiger partial charge in [0.25, 0.3) is 0 Å². The molecule has 27 heavy (non-hydrogen) atoms. The zero-order chi connectivity index (χ0) is 19.6.